The predicted octanol–water partition coefficient (Wildman–Crippen LogP) is 2.86. The van der Waals surface area contributed by atoms with Crippen LogP contribution in [0.3, 0.4) is 0 Å². The van der Waals surface area contributed by atoms with Gasteiger partial charge >= 0.3 is 5.63 Å². The molecule has 0 unspecified atom stereocenters. The quantitative estimate of drug-likeness (QED) is 0.542. The summed E-state index contributed by atoms with van der Waals surface area (Å²) in [6, 6.07) is 8.43. The molecule has 1 aliphatic heterocycles. The van der Waals surface area contributed by atoms with E-state index in [-0.39, 0.29) is 23.6 Å². The average Bonchev–Trinajstić information content (AvgIpc) is 2.95. The molecule has 7 nitrogen and oxygen atoms in total. The third-order valence-corrected chi connectivity index (χ3v) is 4.96. The Morgan fingerprint density at radius 1 is 1.14 bits per heavy atom. The second-order valence-electron chi connectivity index (χ2n) is 6.82. The first-order valence-electron chi connectivity index (χ1n) is 9.23. The molecule has 150 valence electrons. The first-order valence-corrected chi connectivity index (χ1v) is 9.23. The lowest BCUT2D eigenvalue weighted by molar-refractivity contribution is 0.551. The van der Waals surface area contributed by atoms with Crippen LogP contribution in [0.1, 0.15) is 6.42 Å². The molecule has 1 aliphatic rings. The summed E-state index contributed by atoms with van der Waals surface area (Å²) in [5, 5.41) is 4.05. The molecule has 1 fully saturated rings. The van der Waals surface area contributed by atoms with E-state index >= 15 is 0 Å². The van der Waals surface area contributed by atoms with Gasteiger partial charge < -0.3 is 19.0 Å². The highest BCUT2D eigenvalue weighted by atomic mass is 35.5. The lowest BCUT2D eigenvalue weighted by Crippen LogP contribution is -2.28. The minimum absolute atomic E-state index is 0. The van der Waals surface area contributed by atoms with Gasteiger partial charge in [0.25, 0.3) is 0 Å². The topological polar surface area (TPSA) is 75.7 Å². The van der Waals surface area contributed by atoms with Crippen molar-refractivity contribution >= 4 is 35.0 Å². The maximum atomic E-state index is 13.9. The zero-order valence-corrected chi connectivity index (χ0v) is 16.3. The Morgan fingerprint density at radius 2 is 2.03 bits per heavy atom. The number of anilines is 1. The number of hydrogen-bond acceptors (Lipinski definition) is 6. The van der Waals surface area contributed by atoms with Crippen molar-refractivity contribution in [3.8, 4) is 11.3 Å². The summed E-state index contributed by atoms with van der Waals surface area (Å²) < 4.78 is 20.9. The lowest BCUT2D eigenvalue weighted by atomic mass is 10.2. The first kappa shape index (κ1) is 19.4. The third kappa shape index (κ3) is 3.56. The van der Waals surface area contributed by atoms with E-state index < -0.39 is 11.4 Å². The largest absolute Gasteiger partial charge is 0.403 e. The Bertz CT molecular complexity index is 1230. The summed E-state index contributed by atoms with van der Waals surface area (Å²) in [6.45, 7) is 3.64. The first-order chi connectivity index (χ1) is 13.7. The molecular formula is C20H19ClFN5O2. The van der Waals surface area contributed by atoms with Gasteiger partial charge in [0.1, 0.15) is 5.82 Å². The van der Waals surface area contributed by atoms with Crippen molar-refractivity contribution in [2.24, 2.45) is 0 Å². The van der Waals surface area contributed by atoms with Crippen molar-refractivity contribution in [3.05, 3.63) is 59.0 Å². The lowest BCUT2D eigenvalue weighted by Gasteiger charge is -2.20. The van der Waals surface area contributed by atoms with Gasteiger partial charge in [-0.25, -0.2) is 14.2 Å². The minimum atomic E-state index is -0.543. The Morgan fingerprint density at radius 3 is 2.90 bits per heavy atom. The fourth-order valence-electron chi connectivity index (χ4n) is 3.53. The van der Waals surface area contributed by atoms with E-state index in [1.807, 2.05) is 12.1 Å². The van der Waals surface area contributed by atoms with Crippen LogP contribution in [0.2, 0.25) is 0 Å². The fourth-order valence-corrected chi connectivity index (χ4v) is 3.53. The standard InChI is InChI=1S/C20H18FN5O2.ClH/c21-15-3-1-8-26-12-16(23-18(15)26)14-11-13-4-5-17(24-19(13)28-20(14)27)25-9-2-6-22-7-10-25;/h1,3-5,8,11-12,22H,2,6-7,9-10H2;1H. The molecule has 0 aliphatic carbocycles. The van der Waals surface area contributed by atoms with Gasteiger partial charge in [0.05, 0.1) is 11.3 Å². The van der Waals surface area contributed by atoms with Gasteiger partial charge in [-0.1, -0.05) is 0 Å². The zero-order valence-electron chi connectivity index (χ0n) is 15.5. The van der Waals surface area contributed by atoms with Gasteiger partial charge in [0.15, 0.2) is 11.5 Å². The number of nitrogens with one attached hydrogen (secondary N) is 1. The summed E-state index contributed by atoms with van der Waals surface area (Å²) >= 11 is 0. The SMILES string of the molecule is Cl.O=c1oc2nc(N3CCCNCC3)ccc2cc1-c1cn2cccc(F)c2n1. The van der Waals surface area contributed by atoms with Gasteiger partial charge in [-0.3, -0.25) is 0 Å². The van der Waals surface area contributed by atoms with Crippen LogP contribution in [0.15, 0.2) is 51.9 Å². The second-order valence-corrected chi connectivity index (χ2v) is 6.82. The number of aromatic nitrogens is 3. The van der Waals surface area contributed by atoms with Crippen molar-refractivity contribution in [1.82, 2.24) is 19.7 Å². The number of pyridine rings is 2. The van der Waals surface area contributed by atoms with Crippen LogP contribution in [-0.4, -0.2) is 40.5 Å². The highest BCUT2D eigenvalue weighted by Crippen LogP contribution is 2.23. The molecule has 5 rings (SSSR count). The number of rotatable bonds is 2. The smallest absolute Gasteiger partial charge is 0.347 e. The van der Waals surface area contributed by atoms with Crippen LogP contribution in [0.4, 0.5) is 10.2 Å². The van der Waals surface area contributed by atoms with Crippen molar-refractivity contribution in [2.75, 3.05) is 31.1 Å². The molecule has 4 aromatic rings. The Labute approximate surface area is 171 Å². The molecule has 0 aromatic carbocycles. The second kappa shape index (κ2) is 7.81. The number of halogens is 2. The monoisotopic (exact) mass is 415 g/mol. The van der Waals surface area contributed by atoms with E-state index in [4.69, 9.17) is 4.42 Å². The molecule has 4 aromatic heterocycles. The Kier molecular flexibility index (Phi) is 5.21. The van der Waals surface area contributed by atoms with E-state index in [2.05, 4.69) is 20.2 Å². The molecule has 5 heterocycles. The molecular weight excluding hydrogens is 397 g/mol. The Balaban J connectivity index is 0.00000205. The van der Waals surface area contributed by atoms with Crippen LogP contribution in [0.5, 0.6) is 0 Å². The van der Waals surface area contributed by atoms with Crippen LogP contribution >= 0.6 is 12.4 Å². The third-order valence-electron chi connectivity index (χ3n) is 4.96. The van der Waals surface area contributed by atoms with Crippen LogP contribution < -0.4 is 15.8 Å². The molecule has 0 amide bonds. The fraction of sp³-hybridized carbons (Fsp3) is 0.250. The highest BCUT2D eigenvalue weighted by molar-refractivity contribution is 5.85. The van der Waals surface area contributed by atoms with Crippen molar-refractivity contribution in [3.63, 3.8) is 0 Å². The van der Waals surface area contributed by atoms with E-state index in [1.54, 1.807) is 28.9 Å². The minimum Gasteiger partial charge on any atom is -0.403 e. The van der Waals surface area contributed by atoms with Gasteiger partial charge in [0.2, 0.25) is 5.71 Å². The summed E-state index contributed by atoms with van der Waals surface area (Å²) in [4.78, 5) is 23.5. The molecule has 1 N–H and O–H groups in total. The normalized spacial score (nSPS) is 14.7. The number of imidazole rings is 1. The summed E-state index contributed by atoms with van der Waals surface area (Å²) in [5.41, 5.74) is 0.560. The van der Waals surface area contributed by atoms with E-state index in [9.17, 15) is 9.18 Å². The van der Waals surface area contributed by atoms with Crippen molar-refractivity contribution in [1.29, 1.82) is 0 Å². The number of fused-ring (bicyclic) bond motifs is 2. The predicted molar refractivity (Wildman–Crippen MR) is 111 cm³/mol. The summed E-state index contributed by atoms with van der Waals surface area (Å²) in [5.74, 6) is 0.346. The number of nitrogens with zero attached hydrogens (tertiary/aromatic N) is 4. The van der Waals surface area contributed by atoms with Crippen LogP contribution in [0.25, 0.3) is 28.0 Å². The van der Waals surface area contributed by atoms with E-state index in [0.717, 1.165) is 38.4 Å². The van der Waals surface area contributed by atoms with Crippen LogP contribution in [0, 0.1) is 5.82 Å². The van der Waals surface area contributed by atoms with Gasteiger partial charge in [-0.2, -0.15) is 4.98 Å². The summed E-state index contributed by atoms with van der Waals surface area (Å²) in [6.07, 6.45) is 4.33. The maximum Gasteiger partial charge on any atom is 0.347 e. The maximum absolute atomic E-state index is 13.9. The number of hydrogen-bond donors (Lipinski definition) is 1. The highest BCUT2D eigenvalue weighted by Gasteiger charge is 2.16. The zero-order chi connectivity index (χ0) is 19.1. The van der Waals surface area contributed by atoms with E-state index in [1.165, 1.54) is 6.07 Å². The van der Waals surface area contributed by atoms with Gasteiger partial charge in [0, 0.05) is 37.4 Å². The molecule has 0 radical (unpaired) electrons. The molecule has 0 spiro atoms. The molecule has 0 saturated carbocycles. The Hall–Kier alpha value is -2.97. The van der Waals surface area contributed by atoms with Crippen molar-refractivity contribution in [2.45, 2.75) is 6.42 Å². The van der Waals surface area contributed by atoms with Crippen molar-refractivity contribution < 1.29 is 8.81 Å². The molecule has 29 heavy (non-hydrogen) atoms. The van der Waals surface area contributed by atoms with Crippen LogP contribution in [-0.2, 0) is 0 Å². The van der Waals surface area contributed by atoms with Gasteiger partial charge in [-0.05, 0) is 43.3 Å². The molecule has 9 heteroatoms. The molecule has 1 saturated heterocycles. The summed E-state index contributed by atoms with van der Waals surface area (Å²) in [7, 11) is 0. The molecule has 0 bridgehead atoms. The van der Waals surface area contributed by atoms with Gasteiger partial charge in [-0.15, -0.1) is 12.4 Å². The van der Waals surface area contributed by atoms with E-state index in [0.29, 0.717) is 16.8 Å². The molecule has 0 atom stereocenters. The average molecular weight is 416 g/mol.